The summed E-state index contributed by atoms with van der Waals surface area (Å²) in [5.41, 5.74) is 2.16. The maximum Gasteiger partial charge on any atom is 0.254 e. The maximum absolute atomic E-state index is 13.2. The lowest BCUT2D eigenvalue weighted by Gasteiger charge is -2.43. The van der Waals surface area contributed by atoms with E-state index in [0.29, 0.717) is 32.7 Å². The van der Waals surface area contributed by atoms with Crippen LogP contribution in [0.15, 0.2) is 48.8 Å². The fraction of sp³-hybridized carbons (Fsp3) is 0.500. The van der Waals surface area contributed by atoms with Gasteiger partial charge < -0.3 is 15.0 Å². The van der Waals surface area contributed by atoms with E-state index in [4.69, 9.17) is 4.74 Å². The summed E-state index contributed by atoms with van der Waals surface area (Å²) in [6, 6.07) is 12.2. The second-order valence-electron chi connectivity index (χ2n) is 8.91. The molecular weight excluding hydrogens is 402 g/mol. The zero-order chi connectivity index (χ0) is 22.4. The molecule has 1 aliphatic heterocycles. The quantitative estimate of drug-likeness (QED) is 0.753. The Balaban J connectivity index is 1.53. The van der Waals surface area contributed by atoms with Gasteiger partial charge in [-0.3, -0.25) is 14.6 Å². The molecule has 1 N–H and O–H groups in total. The molecule has 6 nitrogen and oxygen atoms in total. The van der Waals surface area contributed by atoms with Gasteiger partial charge in [-0.1, -0.05) is 43.5 Å². The first-order valence-electron chi connectivity index (χ1n) is 11.8. The molecule has 2 aliphatic rings. The Kier molecular flexibility index (Phi) is 7.20. The van der Waals surface area contributed by atoms with Crippen molar-refractivity contribution in [2.75, 3.05) is 26.2 Å². The van der Waals surface area contributed by atoms with Crippen LogP contribution in [0.4, 0.5) is 0 Å². The number of carbonyl (C=O) groups is 2. The first-order chi connectivity index (χ1) is 15.6. The summed E-state index contributed by atoms with van der Waals surface area (Å²) in [6.07, 6.45) is 9.36. The number of morpholine rings is 1. The number of rotatable bonds is 6. The Morgan fingerprint density at radius 3 is 2.44 bits per heavy atom. The number of aromatic nitrogens is 1. The van der Waals surface area contributed by atoms with Gasteiger partial charge in [-0.2, -0.15) is 0 Å². The summed E-state index contributed by atoms with van der Waals surface area (Å²) in [4.78, 5) is 32.3. The highest BCUT2D eigenvalue weighted by Crippen LogP contribution is 2.30. The predicted octanol–water partition coefficient (Wildman–Crippen LogP) is 3.61. The molecule has 1 aromatic carbocycles. The van der Waals surface area contributed by atoms with Crippen LogP contribution < -0.4 is 5.32 Å². The van der Waals surface area contributed by atoms with Crippen molar-refractivity contribution < 1.29 is 14.3 Å². The zero-order valence-corrected chi connectivity index (χ0v) is 18.9. The largest absolute Gasteiger partial charge is 0.361 e. The minimum atomic E-state index is -1.06. The number of hydrogen-bond acceptors (Lipinski definition) is 4. The van der Waals surface area contributed by atoms with Crippen molar-refractivity contribution in [3.63, 3.8) is 0 Å². The summed E-state index contributed by atoms with van der Waals surface area (Å²) in [6.45, 7) is 3.67. The number of benzene rings is 1. The smallest absolute Gasteiger partial charge is 0.254 e. The van der Waals surface area contributed by atoms with Gasteiger partial charge in [0.2, 0.25) is 5.91 Å². The lowest BCUT2D eigenvalue weighted by molar-refractivity contribution is -0.168. The predicted molar refractivity (Wildman–Crippen MR) is 124 cm³/mol. The van der Waals surface area contributed by atoms with Gasteiger partial charge in [-0.25, -0.2) is 0 Å². The van der Waals surface area contributed by atoms with E-state index in [0.717, 1.165) is 42.4 Å². The molecule has 2 amide bonds. The molecule has 4 rings (SSSR count). The standard InChI is InChI=1S/C26H33N3O3/c1-2-28-25(31)26(18-20-8-10-21(11-9-20)22-12-14-27-15-13-22)19-29(16-17-32-26)24(30)23-6-4-3-5-7-23/h8-15,23H,2-7,16-19H2,1H3,(H,28,31)/t26-/m1/s1. The average Bonchev–Trinajstić information content (AvgIpc) is 2.85. The van der Waals surface area contributed by atoms with Gasteiger partial charge in [0.1, 0.15) is 0 Å². The van der Waals surface area contributed by atoms with Crippen LogP contribution in [0.3, 0.4) is 0 Å². The molecule has 1 aliphatic carbocycles. The van der Waals surface area contributed by atoms with Crippen LogP contribution in [0.2, 0.25) is 0 Å². The highest BCUT2D eigenvalue weighted by atomic mass is 16.5. The summed E-state index contributed by atoms with van der Waals surface area (Å²) < 4.78 is 6.15. The molecule has 32 heavy (non-hydrogen) atoms. The van der Waals surface area contributed by atoms with Crippen molar-refractivity contribution in [2.24, 2.45) is 5.92 Å². The number of hydrogen-bond donors (Lipinski definition) is 1. The van der Waals surface area contributed by atoms with Crippen LogP contribution in [0.5, 0.6) is 0 Å². The van der Waals surface area contributed by atoms with E-state index >= 15 is 0 Å². The van der Waals surface area contributed by atoms with Crippen molar-refractivity contribution in [3.05, 3.63) is 54.4 Å². The van der Waals surface area contributed by atoms with Crippen molar-refractivity contribution >= 4 is 11.8 Å². The van der Waals surface area contributed by atoms with Gasteiger partial charge in [-0.15, -0.1) is 0 Å². The number of carbonyl (C=O) groups excluding carboxylic acids is 2. The second-order valence-corrected chi connectivity index (χ2v) is 8.91. The third-order valence-electron chi connectivity index (χ3n) is 6.66. The summed E-state index contributed by atoms with van der Waals surface area (Å²) in [7, 11) is 0. The van der Waals surface area contributed by atoms with Crippen molar-refractivity contribution in [1.82, 2.24) is 15.2 Å². The molecule has 1 saturated heterocycles. The van der Waals surface area contributed by atoms with Crippen molar-refractivity contribution in [2.45, 2.75) is 51.0 Å². The number of likely N-dealkylation sites (N-methyl/N-ethyl adjacent to an activating group) is 1. The number of nitrogens with one attached hydrogen (secondary N) is 1. The monoisotopic (exact) mass is 435 g/mol. The highest BCUT2D eigenvalue weighted by Gasteiger charge is 2.45. The molecule has 2 aromatic rings. The van der Waals surface area contributed by atoms with E-state index in [2.05, 4.69) is 22.4 Å². The van der Waals surface area contributed by atoms with Gasteiger partial charge in [0.05, 0.1) is 13.2 Å². The number of amides is 2. The maximum atomic E-state index is 13.2. The molecule has 1 atom stereocenters. The lowest BCUT2D eigenvalue weighted by Crippen LogP contribution is -2.62. The third kappa shape index (κ3) is 5.01. The van der Waals surface area contributed by atoms with E-state index < -0.39 is 5.60 Å². The van der Waals surface area contributed by atoms with E-state index in [1.165, 1.54) is 6.42 Å². The molecule has 0 spiro atoms. The van der Waals surface area contributed by atoms with Crippen molar-refractivity contribution in [1.29, 1.82) is 0 Å². The van der Waals surface area contributed by atoms with Crippen LogP contribution >= 0.6 is 0 Å². The molecule has 1 saturated carbocycles. The number of nitrogens with zero attached hydrogens (tertiary/aromatic N) is 2. The molecule has 6 heteroatoms. The van der Waals surface area contributed by atoms with Gasteiger partial charge in [0.25, 0.3) is 5.91 Å². The normalized spacial score (nSPS) is 21.8. The Morgan fingerprint density at radius 1 is 1.06 bits per heavy atom. The van der Waals surface area contributed by atoms with E-state index in [-0.39, 0.29) is 17.7 Å². The Morgan fingerprint density at radius 2 is 1.75 bits per heavy atom. The third-order valence-corrected chi connectivity index (χ3v) is 6.66. The minimum absolute atomic E-state index is 0.0911. The van der Waals surface area contributed by atoms with E-state index in [1.807, 2.05) is 36.1 Å². The van der Waals surface area contributed by atoms with Crippen molar-refractivity contribution in [3.8, 4) is 11.1 Å². The van der Waals surface area contributed by atoms with Crippen LogP contribution in [0.25, 0.3) is 11.1 Å². The molecule has 170 valence electrons. The topological polar surface area (TPSA) is 71.5 Å². The van der Waals surface area contributed by atoms with Gasteiger partial charge in [0.15, 0.2) is 5.60 Å². The zero-order valence-electron chi connectivity index (χ0n) is 18.9. The van der Waals surface area contributed by atoms with E-state index in [1.54, 1.807) is 12.4 Å². The second kappa shape index (κ2) is 10.3. The van der Waals surface area contributed by atoms with E-state index in [9.17, 15) is 9.59 Å². The molecule has 0 bridgehead atoms. The molecule has 1 aromatic heterocycles. The van der Waals surface area contributed by atoms with Crippen LogP contribution in [0, 0.1) is 5.92 Å². The van der Waals surface area contributed by atoms with Gasteiger partial charge >= 0.3 is 0 Å². The number of ether oxygens (including phenoxy) is 1. The Hall–Kier alpha value is -2.73. The SMILES string of the molecule is CCNC(=O)[C@@]1(Cc2ccc(-c3ccncc3)cc2)CN(C(=O)C2CCCCC2)CCO1. The minimum Gasteiger partial charge on any atom is -0.361 e. The molecule has 2 fully saturated rings. The molecular formula is C26H33N3O3. The highest BCUT2D eigenvalue weighted by molar-refractivity contribution is 5.87. The molecule has 0 unspecified atom stereocenters. The summed E-state index contributed by atoms with van der Waals surface area (Å²) >= 11 is 0. The number of pyridine rings is 1. The summed E-state index contributed by atoms with van der Waals surface area (Å²) in [5, 5.41) is 2.94. The molecule has 2 heterocycles. The Bertz CT molecular complexity index is 910. The first-order valence-corrected chi connectivity index (χ1v) is 11.8. The van der Waals surface area contributed by atoms with Crippen LogP contribution in [-0.4, -0.2) is 53.5 Å². The molecule has 0 radical (unpaired) electrons. The lowest BCUT2D eigenvalue weighted by atomic mass is 9.86. The average molecular weight is 436 g/mol. The van der Waals surface area contributed by atoms with Gasteiger partial charge in [-0.05, 0) is 48.6 Å². The first kappa shape index (κ1) is 22.5. The summed E-state index contributed by atoms with van der Waals surface area (Å²) in [5.74, 6) is 0.141. The van der Waals surface area contributed by atoms with Gasteiger partial charge in [0, 0.05) is 37.8 Å². The fourth-order valence-corrected chi connectivity index (χ4v) is 4.92. The fourth-order valence-electron chi connectivity index (χ4n) is 4.92. The van der Waals surface area contributed by atoms with Crippen LogP contribution in [0.1, 0.15) is 44.6 Å². The Labute approximate surface area is 190 Å². The van der Waals surface area contributed by atoms with Crippen LogP contribution in [-0.2, 0) is 20.7 Å².